The van der Waals surface area contributed by atoms with Gasteiger partial charge in [0.25, 0.3) is 5.56 Å². The number of hydrogen-bond acceptors (Lipinski definition) is 4. The van der Waals surface area contributed by atoms with E-state index in [4.69, 9.17) is 0 Å². The minimum atomic E-state index is -0.211. The lowest BCUT2D eigenvalue weighted by molar-refractivity contribution is -0.116. The van der Waals surface area contributed by atoms with E-state index in [-0.39, 0.29) is 24.4 Å². The van der Waals surface area contributed by atoms with Crippen molar-refractivity contribution in [3.63, 3.8) is 0 Å². The molecule has 2 heterocycles. The van der Waals surface area contributed by atoms with Crippen LogP contribution in [0, 0.1) is 20.8 Å². The second kappa shape index (κ2) is 7.94. The summed E-state index contributed by atoms with van der Waals surface area (Å²) in [6, 6.07) is 13.7. The fraction of sp³-hybridized carbons (Fsp3) is 0.217. The maximum atomic E-state index is 12.8. The van der Waals surface area contributed by atoms with Gasteiger partial charge < -0.3 is 5.32 Å². The average Bonchev–Trinajstić information content (AvgIpc) is 3.12. The highest BCUT2D eigenvalue weighted by atomic mass is 16.2. The third kappa shape index (κ3) is 4.00. The summed E-state index contributed by atoms with van der Waals surface area (Å²) in [5.41, 5.74) is 5.20. The number of nitrogens with one attached hydrogen (secondary N) is 1. The van der Waals surface area contributed by atoms with Crippen LogP contribution in [-0.2, 0) is 11.3 Å². The molecule has 0 atom stereocenters. The molecule has 7 heteroatoms. The van der Waals surface area contributed by atoms with Gasteiger partial charge in [-0.05, 0) is 56.2 Å². The Morgan fingerprint density at radius 3 is 2.40 bits per heavy atom. The number of anilines is 1. The highest BCUT2D eigenvalue weighted by Crippen LogP contribution is 2.15. The standard InChI is InChI=1S/C23H23N5O2/c1-15-4-6-19(7-5-15)28-22-20(13-25-28)23(30)27(14-24-22)9-8-21(29)26-18-11-16(2)10-17(3)12-18/h4-7,10-14H,8-9H2,1-3H3,(H,26,29). The van der Waals surface area contributed by atoms with E-state index in [0.717, 1.165) is 28.1 Å². The number of carbonyl (C=O) groups is 1. The van der Waals surface area contributed by atoms with Crippen molar-refractivity contribution in [2.75, 3.05) is 5.32 Å². The van der Waals surface area contributed by atoms with Crippen molar-refractivity contribution in [3.8, 4) is 5.69 Å². The van der Waals surface area contributed by atoms with Crippen LogP contribution in [0.25, 0.3) is 16.7 Å². The molecule has 0 saturated carbocycles. The third-order valence-electron chi connectivity index (χ3n) is 4.92. The lowest BCUT2D eigenvalue weighted by atomic mass is 10.1. The zero-order valence-corrected chi connectivity index (χ0v) is 17.2. The minimum absolute atomic E-state index is 0.151. The van der Waals surface area contributed by atoms with Gasteiger partial charge in [0.1, 0.15) is 5.39 Å². The van der Waals surface area contributed by atoms with Crippen molar-refractivity contribution in [1.82, 2.24) is 19.3 Å². The molecule has 0 aliphatic carbocycles. The summed E-state index contributed by atoms with van der Waals surface area (Å²) >= 11 is 0. The number of aryl methyl sites for hydroxylation is 4. The maximum Gasteiger partial charge on any atom is 0.264 e. The van der Waals surface area contributed by atoms with Crippen LogP contribution in [0.15, 0.2) is 59.8 Å². The van der Waals surface area contributed by atoms with E-state index in [1.165, 1.54) is 17.1 Å². The minimum Gasteiger partial charge on any atom is -0.326 e. The molecular weight excluding hydrogens is 378 g/mol. The van der Waals surface area contributed by atoms with Crippen LogP contribution in [0.1, 0.15) is 23.1 Å². The molecule has 4 aromatic rings. The SMILES string of the molecule is Cc1ccc(-n2ncc3c(=O)n(CCC(=O)Nc4cc(C)cc(C)c4)cnc32)cc1. The molecule has 0 radical (unpaired) electrons. The smallest absolute Gasteiger partial charge is 0.264 e. The Bertz CT molecular complexity index is 1270. The summed E-state index contributed by atoms with van der Waals surface area (Å²) < 4.78 is 3.10. The molecule has 7 nitrogen and oxygen atoms in total. The monoisotopic (exact) mass is 401 g/mol. The number of aromatic nitrogens is 4. The largest absolute Gasteiger partial charge is 0.326 e. The number of carbonyl (C=O) groups excluding carboxylic acids is 1. The van der Waals surface area contributed by atoms with Crippen molar-refractivity contribution < 1.29 is 4.79 Å². The fourth-order valence-electron chi connectivity index (χ4n) is 3.48. The predicted octanol–water partition coefficient (Wildman–Crippen LogP) is 3.54. The van der Waals surface area contributed by atoms with Crippen molar-refractivity contribution in [3.05, 3.63) is 82.0 Å². The Hall–Kier alpha value is -3.74. The van der Waals surface area contributed by atoms with Gasteiger partial charge in [-0.25, -0.2) is 9.67 Å². The number of nitrogens with zero attached hydrogens (tertiary/aromatic N) is 4. The highest BCUT2D eigenvalue weighted by Gasteiger charge is 2.12. The summed E-state index contributed by atoms with van der Waals surface area (Å²) in [5.74, 6) is -0.151. The first kappa shape index (κ1) is 19.6. The molecule has 1 N–H and O–H groups in total. The van der Waals surface area contributed by atoms with E-state index in [1.54, 1.807) is 4.68 Å². The molecule has 0 fully saturated rings. The van der Waals surface area contributed by atoms with Gasteiger partial charge in [-0.1, -0.05) is 23.8 Å². The molecule has 0 saturated heterocycles. The average molecular weight is 401 g/mol. The number of hydrogen-bond donors (Lipinski definition) is 1. The van der Waals surface area contributed by atoms with Gasteiger partial charge in [0.15, 0.2) is 5.65 Å². The van der Waals surface area contributed by atoms with Crippen molar-refractivity contribution in [1.29, 1.82) is 0 Å². The van der Waals surface area contributed by atoms with Crippen LogP contribution < -0.4 is 10.9 Å². The Morgan fingerprint density at radius 1 is 1.00 bits per heavy atom. The molecule has 30 heavy (non-hydrogen) atoms. The Kier molecular flexibility index (Phi) is 5.18. The van der Waals surface area contributed by atoms with E-state index < -0.39 is 0 Å². The molecule has 0 aliphatic rings. The van der Waals surface area contributed by atoms with Crippen molar-refractivity contribution >= 4 is 22.6 Å². The molecular formula is C23H23N5O2. The first-order valence-corrected chi connectivity index (χ1v) is 9.79. The second-order valence-electron chi connectivity index (χ2n) is 7.55. The molecule has 152 valence electrons. The van der Waals surface area contributed by atoms with E-state index in [1.807, 2.05) is 63.2 Å². The van der Waals surface area contributed by atoms with Gasteiger partial charge in [0, 0.05) is 18.7 Å². The molecule has 0 bridgehead atoms. The van der Waals surface area contributed by atoms with Crippen LogP contribution in [0.4, 0.5) is 5.69 Å². The molecule has 0 aliphatic heterocycles. The summed E-state index contributed by atoms with van der Waals surface area (Å²) in [6.45, 7) is 6.23. The summed E-state index contributed by atoms with van der Waals surface area (Å²) in [7, 11) is 0. The number of amides is 1. The summed E-state index contributed by atoms with van der Waals surface area (Å²) in [5, 5.41) is 7.64. The first-order chi connectivity index (χ1) is 14.4. The van der Waals surface area contributed by atoms with Crippen LogP contribution in [0.3, 0.4) is 0 Å². The molecule has 0 unspecified atom stereocenters. The topological polar surface area (TPSA) is 81.8 Å². The van der Waals surface area contributed by atoms with E-state index >= 15 is 0 Å². The lowest BCUT2D eigenvalue weighted by Crippen LogP contribution is -2.23. The summed E-state index contributed by atoms with van der Waals surface area (Å²) in [4.78, 5) is 29.6. The van der Waals surface area contributed by atoms with E-state index in [2.05, 4.69) is 15.4 Å². The van der Waals surface area contributed by atoms with Gasteiger partial charge in [0.05, 0.1) is 18.2 Å². The van der Waals surface area contributed by atoms with Gasteiger partial charge in [-0.3, -0.25) is 14.2 Å². The molecule has 4 rings (SSSR count). The van der Waals surface area contributed by atoms with Gasteiger partial charge in [-0.15, -0.1) is 0 Å². The first-order valence-electron chi connectivity index (χ1n) is 9.79. The molecule has 2 aromatic heterocycles. The van der Waals surface area contributed by atoms with Crippen LogP contribution in [-0.4, -0.2) is 25.2 Å². The number of fused-ring (bicyclic) bond motifs is 1. The van der Waals surface area contributed by atoms with Crippen LogP contribution in [0.5, 0.6) is 0 Å². The highest BCUT2D eigenvalue weighted by molar-refractivity contribution is 5.90. The molecule has 0 spiro atoms. The maximum absolute atomic E-state index is 12.8. The lowest BCUT2D eigenvalue weighted by Gasteiger charge is -2.09. The van der Waals surface area contributed by atoms with Crippen molar-refractivity contribution in [2.45, 2.75) is 33.7 Å². The van der Waals surface area contributed by atoms with Crippen LogP contribution in [0.2, 0.25) is 0 Å². The quantitative estimate of drug-likeness (QED) is 0.555. The zero-order valence-electron chi connectivity index (χ0n) is 17.2. The van der Waals surface area contributed by atoms with E-state index in [0.29, 0.717) is 11.0 Å². The fourth-order valence-corrected chi connectivity index (χ4v) is 3.48. The Labute approximate surface area is 174 Å². The number of benzene rings is 2. The second-order valence-corrected chi connectivity index (χ2v) is 7.55. The Morgan fingerprint density at radius 2 is 1.70 bits per heavy atom. The predicted molar refractivity (Wildman–Crippen MR) is 117 cm³/mol. The van der Waals surface area contributed by atoms with Crippen molar-refractivity contribution in [2.24, 2.45) is 0 Å². The summed E-state index contributed by atoms with van der Waals surface area (Å²) in [6.07, 6.45) is 3.17. The number of rotatable bonds is 5. The molecule has 1 amide bonds. The molecule has 2 aromatic carbocycles. The van der Waals surface area contributed by atoms with E-state index in [9.17, 15) is 9.59 Å². The van der Waals surface area contributed by atoms with Gasteiger partial charge >= 0.3 is 0 Å². The third-order valence-corrected chi connectivity index (χ3v) is 4.92. The Balaban J connectivity index is 1.51. The van der Waals surface area contributed by atoms with Gasteiger partial charge in [0.2, 0.25) is 5.91 Å². The zero-order chi connectivity index (χ0) is 21.3. The normalized spacial score (nSPS) is 11.0. The van der Waals surface area contributed by atoms with Gasteiger partial charge in [-0.2, -0.15) is 5.10 Å². The van der Waals surface area contributed by atoms with Crippen LogP contribution >= 0.6 is 0 Å².